The number of hydrogen-bond donors (Lipinski definition) is 1. The molecule has 0 fully saturated rings. The van der Waals surface area contributed by atoms with E-state index in [0.717, 1.165) is 16.9 Å². The minimum Gasteiger partial charge on any atom is -0.290 e. The lowest BCUT2D eigenvalue weighted by Gasteiger charge is -2.02. The van der Waals surface area contributed by atoms with Gasteiger partial charge in [0.25, 0.3) is 0 Å². The highest BCUT2D eigenvalue weighted by molar-refractivity contribution is 7.88. The first-order valence-corrected chi connectivity index (χ1v) is 10.5. The van der Waals surface area contributed by atoms with Crippen molar-refractivity contribution in [2.24, 2.45) is 0 Å². The zero-order chi connectivity index (χ0) is 20.1. The van der Waals surface area contributed by atoms with E-state index in [2.05, 4.69) is 0 Å². The molecule has 0 aliphatic carbocycles. The van der Waals surface area contributed by atoms with Gasteiger partial charge in [-0.25, -0.2) is 4.39 Å². The van der Waals surface area contributed by atoms with Crippen molar-refractivity contribution in [1.29, 1.82) is 0 Å². The lowest BCUT2D eigenvalue weighted by molar-refractivity contribution is -0.110. The molecule has 1 aromatic heterocycles. The summed E-state index contributed by atoms with van der Waals surface area (Å²) in [5.41, 5.74) is 2.41. The van der Waals surface area contributed by atoms with Gasteiger partial charge >= 0.3 is 10.1 Å². The fourth-order valence-corrected chi connectivity index (χ4v) is 4.26. The Morgan fingerprint density at radius 1 is 0.964 bits per heavy atom. The predicted molar refractivity (Wildman–Crippen MR) is 109 cm³/mol. The van der Waals surface area contributed by atoms with E-state index in [0.29, 0.717) is 16.7 Å². The molecule has 2 aromatic carbocycles. The molecule has 1 N–H and O–H groups in total. The summed E-state index contributed by atoms with van der Waals surface area (Å²) in [6.45, 7) is 0. The van der Waals surface area contributed by atoms with Gasteiger partial charge < -0.3 is 0 Å². The van der Waals surface area contributed by atoms with Gasteiger partial charge in [0.15, 0.2) is 9.99 Å². The molecule has 0 amide bonds. The topological polar surface area (TPSA) is 71.4 Å². The Balaban J connectivity index is 1.71. The number of rotatable bonds is 6. The van der Waals surface area contributed by atoms with Gasteiger partial charge in [-0.2, -0.15) is 8.42 Å². The number of halogens is 1. The Morgan fingerprint density at radius 2 is 1.64 bits per heavy atom. The van der Waals surface area contributed by atoms with Crippen molar-refractivity contribution in [2.75, 3.05) is 0 Å². The fraction of sp³-hybridized carbons (Fsp3) is 0. The van der Waals surface area contributed by atoms with E-state index in [9.17, 15) is 22.2 Å². The van der Waals surface area contributed by atoms with Gasteiger partial charge in [-0.3, -0.25) is 9.35 Å². The predicted octanol–water partition coefficient (Wildman–Crippen LogP) is 5.10. The lowest BCUT2D eigenvalue weighted by Crippen LogP contribution is -1.96. The van der Waals surface area contributed by atoms with Crippen LogP contribution in [0.1, 0.15) is 11.1 Å². The summed E-state index contributed by atoms with van der Waals surface area (Å²) in [4.78, 5) is 11.9. The van der Waals surface area contributed by atoms with E-state index in [1.807, 2.05) is 0 Å². The first-order valence-electron chi connectivity index (χ1n) is 8.14. The number of carbonyl (C=O) groups excluding carboxylic acids is 1. The van der Waals surface area contributed by atoms with Crippen LogP contribution in [0.3, 0.4) is 0 Å². The molecule has 0 saturated heterocycles. The van der Waals surface area contributed by atoms with Gasteiger partial charge in [0.1, 0.15) is 5.82 Å². The zero-order valence-corrected chi connectivity index (χ0v) is 16.1. The summed E-state index contributed by atoms with van der Waals surface area (Å²) in [5, 5.41) is 1.59. The molecule has 4 nitrogen and oxygen atoms in total. The highest BCUT2D eigenvalue weighted by atomic mass is 32.3. The summed E-state index contributed by atoms with van der Waals surface area (Å²) < 4.78 is 45.1. The standard InChI is InChI=1S/C21H15FO4S2/c22-18-3-1-2-16(14-18)7-11-19(23)10-6-15-4-8-17(9-5-15)20-12-13-27-21(20)28(24,25)26/h1-14H,(H,24,25,26)/b10-6+,11-7+. The molecule has 0 aliphatic heterocycles. The SMILES string of the molecule is O=C(/C=C/c1ccc(-c2ccsc2S(=O)(=O)O)cc1)/C=C/c1cccc(F)c1. The second-order valence-electron chi connectivity index (χ2n) is 5.84. The molecule has 0 saturated carbocycles. The first kappa shape index (κ1) is 19.9. The third-order valence-corrected chi connectivity index (χ3v) is 6.13. The van der Waals surface area contributed by atoms with Crippen LogP contribution in [0.4, 0.5) is 4.39 Å². The van der Waals surface area contributed by atoms with E-state index < -0.39 is 10.1 Å². The van der Waals surface area contributed by atoms with Crippen molar-refractivity contribution in [3.05, 3.63) is 89.1 Å². The van der Waals surface area contributed by atoms with Gasteiger partial charge in [-0.15, -0.1) is 11.3 Å². The average molecular weight is 414 g/mol. The number of thiophene rings is 1. The summed E-state index contributed by atoms with van der Waals surface area (Å²) in [6, 6.07) is 14.4. The third-order valence-electron chi connectivity index (χ3n) is 3.81. The quantitative estimate of drug-likeness (QED) is 0.450. The van der Waals surface area contributed by atoms with E-state index in [-0.39, 0.29) is 15.8 Å². The van der Waals surface area contributed by atoms with Crippen LogP contribution in [0, 0.1) is 5.82 Å². The molecular formula is C21H15FO4S2. The first-order chi connectivity index (χ1) is 13.3. The lowest BCUT2D eigenvalue weighted by atomic mass is 10.1. The van der Waals surface area contributed by atoms with Crippen LogP contribution in [0.25, 0.3) is 23.3 Å². The van der Waals surface area contributed by atoms with Crippen molar-refractivity contribution < 1.29 is 22.2 Å². The molecule has 0 unspecified atom stereocenters. The van der Waals surface area contributed by atoms with Gasteiger partial charge in [0, 0.05) is 5.56 Å². The molecule has 0 spiro atoms. The highest BCUT2D eigenvalue weighted by Crippen LogP contribution is 2.32. The Hall–Kier alpha value is -2.87. The molecule has 28 heavy (non-hydrogen) atoms. The molecule has 0 radical (unpaired) electrons. The number of hydrogen-bond acceptors (Lipinski definition) is 4. The van der Waals surface area contributed by atoms with Crippen LogP contribution in [0.2, 0.25) is 0 Å². The smallest absolute Gasteiger partial charge is 0.290 e. The fourth-order valence-electron chi connectivity index (χ4n) is 2.51. The highest BCUT2D eigenvalue weighted by Gasteiger charge is 2.18. The van der Waals surface area contributed by atoms with Crippen LogP contribution in [-0.4, -0.2) is 18.8 Å². The Labute approximate surface area is 166 Å². The maximum atomic E-state index is 13.1. The maximum absolute atomic E-state index is 13.1. The zero-order valence-electron chi connectivity index (χ0n) is 14.4. The molecule has 3 aromatic rings. The van der Waals surface area contributed by atoms with E-state index in [1.54, 1.807) is 53.9 Å². The third kappa shape index (κ3) is 5.10. The van der Waals surface area contributed by atoms with Crippen molar-refractivity contribution in [2.45, 2.75) is 4.21 Å². The van der Waals surface area contributed by atoms with Crippen LogP contribution >= 0.6 is 11.3 Å². The Morgan fingerprint density at radius 3 is 2.29 bits per heavy atom. The van der Waals surface area contributed by atoms with Gasteiger partial charge in [-0.1, -0.05) is 48.6 Å². The summed E-state index contributed by atoms with van der Waals surface area (Å²) >= 11 is 0.946. The van der Waals surface area contributed by atoms with Crippen LogP contribution < -0.4 is 0 Å². The second kappa shape index (κ2) is 8.43. The van der Waals surface area contributed by atoms with Crippen molar-refractivity contribution in [3.8, 4) is 11.1 Å². The molecule has 142 valence electrons. The monoisotopic (exact) mass is 414 g/mol. The number of carbonyl (C=O) groups is 1. The van der Waals surface area contributed by atoms with Crippen LogP contribution in [-0.2, 0) is 14.9 Å². The molecule has 1 heterocycles. The molecule has 0 atom stereocenters. The average Bonchev–Trinajstić information content (AvgIpc) is 3.15. The summed E-state index contributed by atoms with van der Waals surface area (Å²) in [7, 11) is -4.27. The minimum absolute atomic E-state index is 0.103. The van der Waals surface area contributed by atoms with Crippen molar-refractivity contribution in [3.63, 3.8) is 0 Å². The summed E-state index contributed by atoms with van der Waals surface area (Å²) in [5.74, 6) is -0.618. The molecule has 3 rings (SSSR count). The van der Waals surface area contributed by atoms with E-state index in [4.69, 9.17) is 0 Å². The van der Waals surface area contributed by atoms with Gasteiger partial charge in [0.2, 0.25) is 0 Å². The molecule has 0 bridgehead atoms. The maximum Gasteiger partial charge on any atom is 0.304 e. The number of ketones is 1. The molecular weight excluding hydrogens is 399 g/mol. The second-order valence-corrected chi connectivity index (χ2v) is 8.38. The molecule has 0 aliphatic rings. The van der Waals surface area contributed by atoms with E-state index >= 15 is 0 Å². The van der Waals surface area contributed by atoms with Crippen LogP contribution in [0.15, 0.2) is 76.3 Å². The normalized spacial score (nSPS) is 12.1. The largest absolute Gasteiger partial charge is 0.304 e. The summed E-state index contributed by atoms with van der Waals surface area (Å²) in [6.07, 6.45) is 5.90. The van der Waals surface area contributed by atoms with Gasteiger partial charge in [0.05, 0.1) is 0 Å². The van der Waals surface area contributed by atoms with Crippen molar-refractivity contribution >= 4 is 39.4 Å². The Kier molecular flexibility index (Phi) is 5.99. The minimum atomic E-state index is -4.27. The number of benzene rings is 2. The van der Waals surface area contributed by atoms with Crippen LogP contribution in [0.5, 0.6) is 0 Å². The van der Waals surface area contributed by atoms with E-state index in [1.165, 1.54) is 30.4 Å². The number of allylic oxidation sites excluding steroid dienone is 2. The molecule has 7 heteroatoms. The Bertz CT molecular complexity index is 1160. The van der Waals surface area contributed by atoms with Gasteiger partial charge in [-0.05, 0) is 52.4 Å². The van der Waals surface area contributed by atoms with Crippen molar-refractivity contribution in [1.82, 2.24) is 0 Å².